The molecule has 12 heavy (non-hydrogen) atoms. The van der Waals surface area contributed by atoms with Crippen molar-refractivity contribution in [3.63, 3.8) is 0 Å². The normalized spacial score (nSPS) is 9.83. The van der Waals surface area contributed by atoms with Crippen LogP contribution >= 0.6 is 0 Å². The van der Waals surface area contributed by atoms with E-state index in [1.165, 1.54) is 12.1 Å². The Kier molecular flexibility index (Phi) is 2.85. The second-order valence-corrected chi connectivity index (χ2v) is 2.23. The van der Waals surface area contributed by atoms with Gasteiger partial charge < -0.3 is 10.5 Å². The van der Waals surface area contributed by atoms with Crippen molar-refractivity contribution in [1.29, 1.82) is 0 Å². The van der Waals surface area contributed by atoms with Crippen LogP contribution in [0.3, 0.4) is 0 Å². The fourth-order valence-electron chi connectivity index (χ4n) is 0.783. The summed E-state index contributed by atoms with van der Waals surface area (Å²) in [5.74, 6) is -0.537. The second kappa shape index (κ2) is 3.90. The monoisotopic (exact) mass is 173 g/mol. The second-order valence-electron chi connectivity index (χ2n) is 2.23. The number of rotatable bonds is 3. The molecule has 0 aliphatic heterocycles. The molecule has 2 N–H and O–H groups in total. The average Bonchev–Trinajstić information content (AvgIpc) is 2.03. The van der Waals surface area contributed by atoms with Crippen molar-refractivity contribution >= 4 is 5.69 Å². The topological polar surface area (TPSA) is 35.2 Å². The Morgan fingerprint density at radius 2 is 2.17 bits per heavy atom. The Bertz CT molecular complexity index is 265. The molecule has 4 heteroatoms. The highest BCUT2D eigenvalue weighted by atomic mass is 19.1. The van der Waals surface area contributed by atoms with Gasteiger partial charge in [0.15, 0.2) is 11.6 Å². The van der Waals surface area contributed by atoms with Gasteiger partial charge in [-0.05, 0) is 12.1 Å². The standard InChI is InChI=1S/C8H9F2NO/c9-3-4-12-8-2-1-6(11)5-7(8)10/h1-2,5H,3-4,11H2. The predicted molar refractivity (Wildman–Crippen MR) is 42.3 cm³/mol. The van der Waals surface area contributed by atoms with Crippen molar-refractivity contribution in [2.24, 2.45) is 0 Å². The van der Waals surface area contributed by atoms with Gasteiger partial charge in [-0.2, -0.15) is 0 Å². The summed E-state index contributed by atoms with van der Waals surface area (Å²) >= 11 is 0. The number of halogens is 2. The largest absolute Gasteiger partial charge is 0.488 e. The molecule has 66 valence electrons. The molecule has 0 bridgehead atoms. The lowest BCUT2D eigenvalue weighted by Crippen LogP contribution is -2.00. The maximum atomic E-state index is 12.8. The number of benzene rings is 1. The molecule has 0 saturated carbocycles. The molecule has 2 nitrogen and oxygen atoms in total. The molecule has 0 aliphatic carbocycles. The summed E-state index contributed by atoms with van der Waals surface area (Å²) in [5, 5.41) is 0. The zero-order valence-corrected chi connectivity index (χ0v) is 6.39. The van der Waals surface area contributed by atoms with E-state index in [2.05, 4.69) is 0 Å². The van der Waals surface area contributed by atoms with E-state index in [0.29, 0.717) is 5.69 Å². The van der Waals surface area contributed by atoms with E-state index in [1.807, 2.05) is 0 Å². The first-order valence-corrected chi connectivity index (χ1v) is 3.48. The van der Waals surface area contributed by atoms with E-state index >= 15 is 0 Å². The number of nitrogen functional groups attached to an aromatic ring is 1. The molecule has 0 spiro atoms. The highest BCUT2D eigenvalue weighted by Crippen LogP contribution is 2.18. The van der Waals surface area contributed by atoms with Crippen molar-refractivity contribution in [3.05, 3.63) is 24.0 Å². The van der Waals surface area contributed by atoms with Crippen LogP contribution in [0.15, 0.2) is 18.2 Å². The minimum absolute atomic E-state index is 0.0295. The molecule has 0 saturated heterocycles. The summed E-state index contributed by atoms with van der Waals surface area (Å²) in [7, 11) is 0. The van der Waals surface area contributed by atoms with E-state index in [4.69, 9.17) is 10.5 Å². The quantitative estimate of drug-likeness (QED) is 0.707. The molecule has 0 heterocycles. The Morgan fingerprint density at radius 1 is 1.42 bits per heavy atom. The highest BCUT2D eigenvalue weighted by molar-refractivity contribution is 5.42. The number of hydrogen-bond acceptors (Lipinski definition) is 2. The van der Waals surface area contributed by atoms with Gasteiger partial charge in [0.25, 0.3) is 0 Å². The third-order valence-corrected chi connectivity index (χ3v) is 1.29. The van der Waals surface area contributed by atoms with E-state index in [-0.39, 0.29) is 12.4 Å². The van der Waals surface area contributed by atoms with Crippen molar-refractivity contribution in [3.8, 4) is 5.75 Å². The van der Waals surface area contributed by atoms with Crippen molar-refractivity contribution in [1.82, 2.24) is 0 Å². The van der Waals surface area contributed by atoms with E-state index in [1.54, 1.807) is 0 Å². The van der Waals surface area contributed by atoms with Crippen molar-refractivity contribution in [2.45, 2.75) is 0 Å². The van der Waals surface area contributed by atoms with Gasteiger partial charge in [0, 0.05) is 11.8 Å². The Labute approximate surface area is 68.9 Å². The fraction of sp³-hybridized carbons (Fsp3) is 0.250. The molecule has 1 aromatic rings. The van der Waals surface area contributed by atoms with E-state index in [9.17, 15) is 8.78 Å². The summed E-state index contributed by atoms with van der Waals surface area (Å²) in [5.41, 5.74) is 5.61. The van der Waals surface area contributed by atoms with Gasteiger partial charge >= 0.3 is 0 Å². The number of ether oxygens (including phenoxy) is 1. The maximum absolute atomic E-state index is 12.8. The van der Waals surface area contributed by atoms with Crippen LogP contribution in [0.5, 0.6) is 5.75 Å². The lowest BCUT2D eigenvalue weighted by Gasteiger charge is -2.04. The summed E-state index contributed by atoms with van der Waals surface area (Å²) in [6.45, 7) is -0.773. The van der Waals surface area contributed by atoms with Gasteiger partial charge in [-0.15, -0.1) is 0 Å². The fourth-order valence-corrected chi connectivity index (χ4v) is 0.783. The molecule has 0 aliphatic rings. The van der Waals surface area contributed by atoms with Crippen LogP contribution < -0.4 is 10.5 Å². The third-order valence-electron chi connectivity index (χ3n) is 1.29. The summed E-state index contributed by atoms with van der Waals surface area (Å²) < 4.78 is 29.2. The van der Waals surface area contributed by atoms with Crippen LogP contribution in [0.4, 0.5) is 14.5 Å². The molecule has 1 rings (SSSR count). The number of anilines is 1. The van der Waals surface area contributed by atoms with Gasteiger partial charge in [0.2, 0.25) is 0 Å². The van der Waals surface area contributed by atoms with E-state index < -0.39 is 12.5 Å². The first-order chi connectivity index (χ1) is 5.74. The minimum atomic E-state index is -0.635. The van der Waals surface area contributed by atoms with Gasteiger partial charge in [0.1, 0.15) is 13.3 Å². The van der Waals surface area contributed by atoms with Crippen LogP contribution in [0.2, 0.25) is 0 Å². The molecule has 0 fully saturated rings. The SMILES string of the molecule is Nc1ccc(OCCF)c(F)c1. The Balaban J connectivity index is 2.72. The van der Waals surface area contributed by atoms with Crippen molar-refractivity contribution in [2.75, 3.05) is 19.0 Å². The van der Waals surface area contributed by atoms with Crippen LogP contribution in [0.1, 0.15) is 0 Å². The van der Waals surface area contributed by atoms with Crippen molar-refractivity contribution < 1.29 is 13.5 Å². The molecular weight excluding hydrogens is 164 g/mol. The van der Waals surface area contributed by atoms with Gasteiger partial charge in [-0.3, -0.25) is 0 Å². The average molecular weight is 173 g/mol. The molecule has 0 unspecified atom stereocenters. The van der Waals surface area contributed by atoms with Crippen LogP contribution in [-0.4, -0.2) is 13.3 Å². The number of nitrogens with two attached hydrogens (primary N) is 1. The number of alkyl halides is 1. The molecule has 0 atom stereocenters. The number of hydrogen-bond donors (Lipinski definition) is 1. The zero-order chi connectivity index (χ0) is 8.97. The Hall–Kier alpha value is -1.32. The molecule has 0 aromatic heterocycles. The zero-order valence-electron chi connectivity index (χ0n) is 6.39. The first kappa shape index (κ1) is 8.77. The molecule has 0 radical (unpaired) electrons. The van der Waals surface area contributed by atoms with Crippen LogP contribution in [0, 0.1) is 5.82 Å². The summed E-state index contributed by atoms with van der Waals surface area (Å²) in [6, 6.07) is 4.00. The maximum Gasteiger partial charge on any atom is 0.167 e. The summed E-state index contributed by atoms with van der Waals surface area (Å²) in [4.78, 5) is 0. The molecule has 0 amide bonds. The predicted octanol–water partition coefficient (Wildman–Crippen LogP) is 1.76. The van der Waals surface area contributed by atoms with Crippen LogP contribution in [0.25, 0.3) is 0 Å². The van der Waals surface area contributed by atoms with Gasteiger partial charge in [-0.1, -0.05) is 0 Å². The van der Waals surface area contributed by atoms with Gasteiger partial charge in [0.05, 0.1) is 0 Å². The lowest BCUT2D eigenvalue weighted by molar-refractivity contribution is 0.262. The third kappa shape index (κ3) is 2.08. The molecule has 1 aromatic carbocycles. The summed E-state index contributed by atoms with van der Waals surface area (Å²) in [6.07, 6.45) is 0. The van der Waals surface area contributed by atoms with Gasteiger partial charge in [-0.25, -0.2) is 8.78 Å². The molecular formula is C8H9F2NO. The minimum Gasteiger partial charge on any atom is -0.488 e. The Morgan fingerprint density at radius 3 is 2.75 bits per heavy atom. The van der Waals surface area contributed by atoms with Crippen LogP contribution in [-0.2, 0) is 0 Å². The van der Waals surface area contributed by atoms with E-state index in [0.717, 1.165) is 6.07 Å². The smallest absolute Gasteiger partial charge is 0.167 e. The first-order valence-electron chi connectivity index (χ1n) is 3.48. The lowest BCUT2D eigenvalue weighted by atomic mass is 10.3. The highest BCUT2D eigenvalue weighted by Gasteiger charge is 2.02.